The van der Waals surface area contributed by atoms with E-state index in [0.29, 0.717) is 7.16 Å². The minimum absolute atomic E-state index is 0.137. The molecular weight excluding hydrogens is 667 g/mol. The number of hydrogen-bond donors (Lipinski definition) is 0. The third-order valence-electron chi connectivity index (χ3n) is 8.65. The van der Waals surface area contributed by atoms with Crippen LogP contribution in [0, 0.1) is 24.4 Å². The van der Waals surface area contributed by atoms with E-state index >= 15 is 13.2 Å². The van der Waals surface area contributed by atoms with Gasteiger partial charge in [-0.2, -0.15) is 0 Å². The molecule has 1 aromatic carbocycles. The summed E-state index contributed by atoms with van der Waals surface area (Å²) in [5, 5.41) is 0. The summed E-state index contributed by atoms with van der Waals surface area (Å²) < 4.78 is 56.6. The predicted octanol–water partition coefficient (Wildman–Crippen LogP) is 10.5. The van der Waals surface area contributed by atoms with Gasteiger partial charge in [0.15, 0.2) is 0 Å². The SMILES string of the molecule is CCC[CH2][Sn]([CH2]CCC)([CH2]CCC)[c]1c(F)c(C)c(F)[c]([Sn]([CH2]CCC)([CH2]CCC)[CH2]CCC)c1F. The van der Waals surface area contributed by atoms with Crippen LogP contribution in [0.15, 0.2) is 0 Å². The van der Waals surface area contributed by atoms with Gasteiger partial charge in [-0.05, 0) is 0 Å². The van der Waals surface area contributed by atoms with Gasteiger partial charge in [0, 0.05) is 0 Å². The Labute approximate surface area is 230 Å². The van der Waals surface area contributed by atoms with Crippen LogP contribution in [-0.2, 0) is 0 Å². The number of halogens is 3. The van der Waals surface area contributed by atoms with Crippen LogP contribution < -0.4 is 7.16 Å². The fourth-order valence-electron chi connectivity index (χ4n) is 6.31. The molecule has 0 unspecified atom stereocenters. The molecule has 210 valence electrons. The first-order valence-electron chi connectivity index (χ1n) is 15.4. The van der Waals surface area contributed by atoms with Gasteiger partial charge in [0.05, 0.1) is 0 Å². The third-order valence-corrected chi connectivity index (χ3v) is 39.7. The first-order chi connectivity index (χ1) is 17.3. The van der Waals surface area contributed by atoms with Gasteiger partial charge in [0.1, 0.15) is 0 Å². The zero-order chi connectivity index (χ0) is 27.2. The monoisotopic (exact) mass is 726 g/mol. The summed E-state index contributed by atoms with van der Waals surface area (Å²) in [6, 6.07) is 0. The van der Waals surface area contributed by atoms with Gasteiger partial charge in [-0.25, -0.2) is 0 Å². The Morgan fingerprint density at radius 3 is 0.833 bits per heavy atom. The van der Waals surface area contributed by atoms with Crippen LogP contribution in [0.2, 0.25) is 26.6 Å². The predicted molar refractivity (Wildman–Crippen MR) is 160 cm³/mol. The normalized spacial score (nSPS) is 12.5. The molecule has 0 saturated carbocycles. The summed E-state index contributed by atoms with van der Waals surface area (Å²) in [6.45, 7) is 14.7. The Bertz CT molecular complexity index is 660. The van der Waals surface area contributed by atoms with Crippen molar-refractivity contribution in [2.45, 2.75) is 152 Å². The Hall–Kier alpha value is 0.607. The first kappa shape index (κ1) is 34.6. The molecule has 0 fully saturated rings. The molecule has 0 aromatic heterocycles. The second kappa shape index (κ2) is 18.0. The molecule has 0 radical (unpaired) electrons. The first-order valence-corrected chi connectivity index (χ1v) is 30.4. The van der Waals surface area contributed by atoms with E-state index in [0.717, 1.165) is 104 Å². The van der Waals surface area contributed by atoms with Gasteiger partial charge in [-0.3, -0.25) is 0 Å². The second-order valence-corrected chi connectivity index (χ2v) is 37.5. The van der Waals surface area contributed by atoms with Crippen molar-refractivity contribution in [2.24, 2.45) is 0 Å². The van der Waals surface area contributed by atoms with Crippen molar-refractivity contribution in [3.05, 3.63) is 23.0 Å². The Morgan fingerprint density at radius 1 is 0.417 bits per heavy atom. The number of benzene rings is 1. The van der Waals surface area contributed by atoms with Crippen molar-refractivity contribution in [1.82, 2.24) is 0 Å². The van der Waals surface area contributed by atoms with Gasteiger partial charge in [-0.15, -0.1) is 0 Å². The van der Waals surface area contributed by atoms with E-state index in [1.165, 1.54) is 0 Å². The van der Waals surface area contributed by atoms with Crippen LogP contribution in [0.1, 0.15) is 124 Å². The van der Waals surface area contributed by atoms with Crippen LogP contribution in [0.5, 0.6) is 0 Å². The maximum atomic E-state index is 17.2. The van der Waals surface area contributed by atoms with Crippen molar-refractivity contribution < 1.29 is 13.2 Å². The summed E-state index contributed by atoms with van der Waals surface area (Å²) in [7, 11) is 0. The van der Waals surface area contributed by atoms with E-state index in [2.05, 4.69) is 41.5 Å². The number of unbranched alkanes of at least 4 members (excludes halogenated alkanes) is 6. The van der Waals surface area contributed by atoms with Crippen LogP contribution >= 0.6 is 0 Å². The minimum atomic E-state index is -3.46. The molecule has 0 nitrogen and oxygen atoms in total. The molecule has 0 N–H and O–H groups in total. The Kier molecular flexibility index (Phi) is 17.4. The third kappa shape index (κ3) is 8.81. The topological polar surface area (TPSA) is 0 Å². The van der Waals surface area contributed by atoms with Gasteiger partial charge in [0.2, 0.25) is 0 Å². The van der Waals surface area contributed by atoms with Crippen molar-refractivity contribution in [3.63, 3.8) is 0 Å². The molecule has 1 aromatic rings. The molecule has 0 aliphatic heterocycles. The number of rotatable bonds is 20. The molecule has 1 rings (SSSR count). The summed E-state index contributed by atoms with van der Waals surface area (Å²) in [4.78, 5) is 0. The standard InChI is InChI=1S/C7H3F3.6C4H9.2Sn/c1-4-6(9)2-5(8)3-7(4)10;6*1-3-4-2;;/h1H3;6*1,3-4H2,2H3;;. The fourth-order valence-corrected chi connectivity index (χ4v) is 40.6. The van der Waals surface area contributed by atoms with Crippen LogP contribution in [0.4, 0.5) is 13.2 Å². The van der Waals surface area contributed by atoms with Crippen LogP contribution in [0.3, 0.4) is 0 Å². The van der Waals surface area contributed by atoms with Gasteiger partial charge < -0.3 is 0 Å². The molecule has 0 aliphatic carbocycles. The Morgan fingerprint density at radius 2 is 0.639 bits per heavy atom. The van der Waals surface area contributed by atoms with E-state index < -0.39 is 48.4 Å². The molecule has 0 spiro atoms. The van der Waals surface area contributed by atoms with Gasteiger partial charge in [-0.1, -0.05) is 0 Å². The zero-order valence-electron chi connectivity index (χ0n) is 24.9. The average Bonchev–Trinajstić information content (AvgIpc) is 2.88. The zero-order valence-corrected chi connectivity index (χ0v) is 30.6. The molecular formula is C31H57F3Sn2. The quantitative estimate of drug-likeness (QED) is 0.118. The van der Waals surface area contributed by atoms with E-state index in [1.807, 2.05) is 0 Å². The number of hydrogen-bond acceptors (Lipinski definition) is 0. The fraction of sp³-hybridized carbons (Fsp3) is 0.806. The molecule has 0 heterocycles. The van der Waals surface area contributed by atoms with Crippen LogP contribution in [0.25, 0.3) is 0 Å². The average molecular weight is 724 g/mol. The van der Waals surface area contributed by atoms with Crippen molar-refractivity contribution in [3.8, 4) is 0 Å². The molecule has 0 atom stereocenters. The summed E-state index contributed by atoms with van der Waals surface area (Å²) in [5.41, 5.74) is 0.137. The summed E-state index contributed by atoms with van der Waals surface area (Å²) in [6.07, 6.45) is 12.6. The molecule has 36 heavy (non-hydrogen) atoms. The van der Waals surface area contributed by atoms with Gasteiger partial charge in [0.25, 0.3) is 0 Å². The van der Waals surface area contributed by atoms with E-state index in [1.54, 1.807) is 6.92 Å². The van der Waals surface area contributed by atoms with Gasteiger partial charge >= 0.3 is 232 Å². The second-order valence-electron chi connectivity index (χ2n) is 11.5. The molecule has 5 heteroatoms. The van der Waals surface area contributed by atoms with Crippen molar-refractivity contribution in [1.29, 1.82) is 0 Å². The summed E-state index contributed by atoms with van der Waals surface area (Å²) in [5.74, 6) is -1.34. The molecule has 0 amide bonds. The summed E-state index contributed by atoms with van der Waals surface area (Å²) >= 11 is -6.92. The van der Waals surface area contributed by atoms with Crippen molar-refractivity contribution >= 4 is 43.9 Å². The van der Waals surface area contributed by atoms with E-state index in [9.17, 15) is 0 Å². The molecule has 0 aliphatic rings. The Balaban J connectivity index is 4.04. The van der Waals surface area contributed by atoms with E-state index in [-0.39, 0.29) is 11.4 Å². The molecule has 0 saturated heterocycles. The maximum absolute atomic E-state index is 17.2. The van der Waals surface area contributed by atoms with Crippen molar-refractivity contribution in [2.75, 3.05) is 0 Å². The molecule has 0 bridgehead atoms. The van der Waals surface area contributed by atoms with Crippen LogP contribution in [-0.4, -0.2) is 36.8 Å². The van der Waals surface area contributed by atoms with E-state index in [4.69, 9.17) is 0 Å².